The molecule has 3 atom stereocenters. The van der Waals surface area contributed by atoms with Crippen molar-refractivity contribution in [1.29, 1.82) is 0 Å². The molecule has 2 N–H and O–H groups in total. The molecule has 0 radical (unpaired) electrons. The van der Waals surface area contributed by atoms with E-state index in [-0.39, 0.29) is 24.0 Å². The summed E-state index contributed by atoms with van der Waals surface area (Å²) in [5.41, 5.74) is 3.53. The fourth-order valence-corrected chi connectivity index (χ4v) is 3.93. The van der Waals surface area contributed by atoms with Crippen molar-refractivity contribution < 1.29 is 32.6 Å². The topological polar surface area (TPSA) is 78.9 Å². The number of benzene rings is 2. The number of anilines is 1. The highest BCUT2D eigenvalue weighted by atomic mass is 19.4. The lowest BCUT2D eigenvalue weighted by molar-refractivity contribution is -0.192. The van der Waals surface area contributed by atoms with Crippen molar-refractivity contribution in [2.24, 2.45) is 5.92 Å². The van der Waals surface area contributed by atoms with Crippen LogP contribution in [0.1, 0.15) is 17.5 Å². The molecule has 2 fully saturated rings. The van der Waals surface area contributed by atoms with Gasteiger partial charge in [-0.2, -0.15) is 13.2 Å². The average Bonchev–Trinajstić information content (AvgIpc) is 3.04. The van der Waals surface area contributed by atoms with E-state index < -0.39 is 12.1 Å². The van der Waals surface area contributed by atoms with Gasteiger partial charge in [-0.25, -0.2) is 4.79 Å². The van der Waals surface area contributed by atoms with Crippen LogP contribution in [0.5, 0.6) is 0 Å². The van der Waals surface area contributed by atoms with Crippen molar-refractivity contribution in [2.75, 3.05) is 18.4 Å². The van der Waals surface area contributed by atoms with Gasteiger partial charge in [0, 0.05) is 25.3 Å². The monoisotopic (exact) mass is 450 g/mol. The third kappa shape index (κ3) is 6.30. The Labute approximate surface area is 184 Å². The van der Waals surface area contributed by atoms with Gasteiger partial charge in [-0.15, -0.1) is 0 Å². The minimum atomic E-state index is -5.08. The van der Waals surface area contributed by atoms with Crippen LogP contribution in [0.3, 0.4) is 0 Å². The van der Waals surface area contributed by atoms with Crippen LogP contribution < -0.4 is 5.32 Å². The van der Waals surface area contributed by atoms with E-state index in [1.165, 1.54) is 11.1 Å². The molecule has 0 aromatic heterocycles. The molecule has 2 aliphatic rings. The molecule has 1 amide bonds. The van der Waals surface area contributed by atoms with Crippen LogP contribution in [-0.2, 0) is 20.9 Å². The molecular weight excluding hydrogens is 425 g/mol. The first-order valence-corrected chi connectivity index (χ1v) is 10.2. The second-order valence-corrected chi connectivity index (χ2v) is 7.92. The number of aliphatic carboxylic acids is 1. The number of nitrogens with zero attached hydrogens (tertiary/aromatic N) is 1. The number of likely N-dealkylation sites (tertiary alicyclic amines) is 1. The number of carboxylic acid groups (broad SMARTS) is 1. The number of alkyl halides is 3. The number of amides is 1. The SMILES string of the molecule is Cc1ccccc1CN1C[C@H]2C[C@H](C(=O)Nc3ccccc3)[C@@H](C1)O2.O=C(O)C(F)(F)F. The van der Waals surface area contributed by atoms with Crippen molar-refractivity contribution in [3.8, 4) is 0 Å². The van der Waals surface area contributed by atoms with Gasteiger partial charge >= 0.3 is 12.1 Å². The molecule has 4 rings (SSSR count). The van der Waals surface area contributed by atoms with Crippen molar-refractivity contribution in [3.63, 3.8) is 0 Å². The van der Waals surface area contributed by atoms with Crippen molar-refractivity contribution in [1.82, 2.24) is 4.90 Å². The van der Waals surface area contributed by atoms with Gasteiger partial charge in [-0.3, -0.25) is 9.69 Å². The van der Waals surface area contributed by atoms with Gasteiger partial charge in [0.15, 0.2) is 0 Å². The number of nitrogens with one attached hydrogen (secondary N) is 1. The Kier molecular flexibility index (Phi) is 7.52. The predicted molar refractivity (Wildman–Crippen MR) is 112 cm³/mol. The van der Waals surface area contributed by atoms with Gasteiger partial charge in [0.05, 0.1) is 18.1 Å². The van der Waals surface area contributed by atoms with E-state index in [1.54, 1.807) is 0 Å². The van der Waals surface area contributed by atoms with Gasteiger partial charge in [-0.05, 0) is 36.6 Å². The van der Waals surface area contributed by atoms with Crippen LogP contribution >= 0.6 is 0 Å². The summed E-state index contributed by atoms with van der Waals surface area (Å²) in [7, 11) is 0. The lowest BCUT2D eigenvalue weighted by Gasteiger charge is -2.33. The first-order valence-electron chi connectivity index (χ1n) is 10.2. The Bertz CT molecular complexity index is 936. The summed E-state index contributed by atoms with van der Waals surface area (Å²) in [4.78, 5) is 24.0. The van der Waals surface area contributed by atoms with Gasteiger partial charge in [0.2, 0.25) is 5.91 Å². The Hall–Kier alpha value is -2.91. The predicted octanol–water partition coefficient (Wildman–Crippen LogP) is 3.86. The first-order chi connectivity index (χ1) is 15.1. The van der Waals surface area contributed by atoms with E-state index >= 15 is 0 Å². The van der Waals surface area contributed by atoms with E-state index in [0.717, 1.165) is 31.7 Å². The molecule has 6 nitrogen and oxygen atoms in total. The van der Waals surface area contributed by atoms with E-state index in [0.29, 0.717) is 0 Å². The number of ether oxygens (including phenoxy) is 1. The van der Waals surface area contributed by atoms with E-state index in [4.69, 9.17) is 14.6 Å². The highest BCUT2D eigenvalue weighted by Gasteiger charge is 2.44. The number of rotatable bonds is 4. The van der Waals surface area contributed by atoms with Crippen LogP contribution in [0.25, 0.3) is 0 Å². The van der Waals surface area contributed by atoms with Crippen LogP contribution in [0.4, 0.5) is 18.9 Å². The number of hydrogen-bond acceptors (Lipinski definition) is 4. The Morgan fingerprint density at radius 1 is 1.09 bits per heavy atom. The van der Waals surface area contributed by atoms with Crippen molar-refractivity contribution in [2.45, 2.75) is 38.3 Å². The number of hydrogen-bond donors (Lipinski definition) is 2. The molecule has 9 heteroatoms. The van der Waals surface area contributed by atoms with Gasteiger partial charge in [-0.1, -0.05) is 42.5 Å². The molecule has 172 valence electrons. The maximum absolute atomic E-state index is 12.7. The summed E-state index contributed by atoms with van der Waals surface area (Å²) in [6.07, 6.45) is -4.12. The van der Waals surface area contributed by atoms with Gasteiger partial charge in [0.25, 0.3) is 0 Å². The highest BCUT2D eigenvalue weighted by molar-refractivity contribution is 5.93. The average molecular weight is 450 g/mol. The van der Waals surface area contributed by atoms with Gasteiger partial charge in [0.1, 0.15) is 0 Å². The number of halogens is 3. The second kappa shape index (κ2) is 10.1. The number of para-hydroxylation sites is 1. The number of fused-ring (bicyclic) bond motifs is 2. The summed E-state index contributed by atoms with van der Waals surface area (Å²) in [6, 6.07) is 18.2. The largest absolute Gasteiger partial charge is 0.490 e. The number of carboxylic acids is 1. The second-order valence-electron chi connectivity index (χ2n) is 7.92. The minimum Gasteiger partial charge on any atom is -0.475 e. The minimum absolute atomic E-state index is 0.00789. The molecule has 0 aliphatic carbocycles. The summed E-state index contributed by atoms with van der Waals surface area (Å²) < 4.78 is 37.8. The van der Waals surface area contributed by atoms with Crippen molar-refractivity contribution in [3.05, 3.63) is 65.7 Å². The zero-order chi connectivity index (χ0) is 23.3. The van der Waals surface area contributed by atoms with E-state index in [1.807, 2.05) is 30.3 Å². The Morgan fingerprint density at radius 3 is 2.34 bits per heavy atom. The standard InChI is InChI=1S/C21H24N2O2.C2HF3O2/c1-15-7-5-6-8-16(15)12-23-13-18-11-19(20(14-23)25-18)21(24)22-17-9-3-2-4-10-17;3-2(4,5)1(6)7/h2-10,18-20H,11-14H2,1H3,(H,22,24);(H,6,7)/t18-,19+,20-;/m1./s1. The number of carbonyl (C=O) groups excluding carboxylic acids is 1. The third-order valence-corrected chi connectivity index (χ3v) is 5.51. The quantitative estimate of drug-likeness (QED) is 0.740. The zero-order valence-electron chi connectivity index (χ0n) is 17.5. The molecule has 2 aliphatic heterocycles. The number of carbonyl (C=O) groups is 2. The van der Waals surface area contributed by atoms with Crippen LogP contribution in [0.2, 0.25) is 0 Å². The molecule has 32 heavy (non-hydrogen) atoms. The molecule has 0 unspecified atom stereocenters. The lowest BCUT2D eigenvalue weighted by Crippen LogP contribution is -2.44. The molecule has 0 saturated carbocycles. The summed E-state index contributed by atoms with van der Waals surface area (Å²) in [5, 5.41) is 10.2. The van der Waals surface area contributed by atoms with Crippen LogP contribution in [-0.4, -0.2) is 53.4 Å². The molecule has 2 bridgehead atoms. The Balaban J connectivity index is 0.000000360. The summed E-state index contributed by atoms with van der Waals surface area (Å²) in [5.74, 6) is -2.74. The summed E-state index contributed by atoms with van der Waals surface area (Å²) in [6.45, 7) is 4.80. The van der Waals surface area contributed by atoms with E-state index in [9.17, 15) is 18.0 Å². The molecule has 2 heterocycles. The Morgan fingerprint density at radius 2 is 1.72 bits per heavy atom. The maximum atomic E-state index is 12.7. The molecule has 2 aromatic carbocycles. The van der Waals surface area contributed by atoms with Crippen LogP contribution in [0.15, 0.2) is 54.6 Å². The zero-order valence-corrected chi connectivity index (χ0v) is 17.5. The smallest absolute Gasteiger partial charge is 0.475 e. The first kappa shape index (κ1) is 23.7. The third-order valence-electron chi connectivity index (χ3n) is 5.51. The number of morpholine rings is 1. The van der Waals surface area contributed by atoms with Gasteiger partial charge < -0.3 is 15.2 Å². The van der Waals surface area contributed by atoms with E-state index in [2.05, 4.69) is 41.4 Å². The molecule has 2 aromatic rings. The lowest BCUT2D eigenvalue weighted by atomic mass is 9.99. The molecular formula is C23H25F3N2O4. The maximum Gasteiger partial charge on any atom is 0.490 e. The number of aryl methyl sites for hydroxylation is 1. The molecule has 2 saturated heterocycles. The van der Waals surface area contributed by atoms with Crippen LogP contribution in [0, 0.1) is 12.8 Å². The highest BCUT2D eigenvalue weighted by Crippen LogP contribution is 2.33. The van der Waals surface area contributed by atoms with Crippen molar-refractivity contribution >= 4 is 17.6 Å². The normalized spacial score (nSPS) is 22.6. The summed E-state index contributed by atoms with van der Waals surface area (Å²) >= 11 is 0. The fourth-order valence-electron chi connectivity index (χ4n) is 3.93. The fraction of sp³-hybridized carbons (Fsp3) is 0.391. The molecule has 0 spiro atoms.